The quantitative estimate of drug-likeness (QED) is 0.333. The van der Waals surface area contributed by atoms with Gasteiger partial charge >= 0.3 is 5.97 Å². The van der Waals surface area contributed by atoms with E-state index in [1.54, 1.807) is 42.5 Å². The van der Waals surface area contributed by atoms with Gasteiger partial charge in [0.15, 0.2) is 16.7 Å². The first-order valence-electron chi connectivity index (χ1n) is 11.2. The highest BCUT2D eigenvalue weighted by Crippen LogP contribution is 2.39. The van der Waals surface area contributed by atoms with Crippen molar-refractivity contribution >= 4 is 52.2 Å². The number of hydrogen-bond acceptors (Lipinski definition) is 6. The molecule has 0 spiro atoms. The lowest BCUT2D eigenvalue weighted by Gasteiger charge is -2.14. The van der Waals surface area contributed by atoms with Gasteiger partial charge in [-0.05, 0) is 78.4 Å². The number of carbonyl (C=O) groups is 2. The summed E-state index contributed by atoms with van der Waals surface area (Å²) in [5.41, 5.74) is 1.79. The van der Waals surface area contributed by atoms with E-state index >= 15 is 0 Å². The van der Waals surface area contributed by atoms with Crippen molar-refractivity contribution in [3.8, 4) is 11.5 Å². The van der Waals surface area contributed by atoms with Crippen LogP contribution in [0.1, 0.15) is 28.4 Å². The van der Waals surface area contributed by atoms with E-state index in [1.165, 1.54) is 48.0 Å². The van der Waals surface area contributed by atoms with Crippen LogP contribution in [-0.2, 0) is 11.4 Å². The smallest absolute Gasteiger partial charge is 0.335 e. The normalized spacial score (nSPS) is 15.5. The van der Waals surface area contributed by atoms with Crippen molar-refractivity contribution in [3.05, 3.63) is 93.1 Å². The molecule has 0 bridgehead atoms. The highest BCUT2D eigenvalue weighted by molar-refractivity contribution is 8.18. The molecule has 1 aliphatic rings. The number of rotatable bonds is 8. The van der Waals surface area contributed by atoms with Crippen molar-refractivity contribution in [2.75, 3.05) is 13.7 Å². The minimum Gasteiger partial charge on any atom is -0.493 e. The van der Waals surface area contributed by atoms with Crippen molar-refractivity contribution < 1.29 is 28.6 Å². The molecular weight excluding hydrogens is 519 g/mol. The molecule has 0 unspecified atom stereocenters. The number of ether oxygens (including phenoxy) is 2. The fraction of sp³-hybridized carbons (Fsp3) is 0.148. The first-order valence-corrected chi connectivity index (χ1v) is 12.4. The van der Waals surface area contributed by atoms with E-state index in [-0.39, 0.29) is 28.9 Å². The highest BCUT2D eigenvalue weighted by Gasteiger charge is 2.32. The molecule has 10 heteroatoms. The molecule has 37 heavy (non-hydrogen) atoms. The molecule has 1 saturated heterocycles. The molecule has 7 nitrogen and oxygen atoms in total. The number of aromatic carboxylic acids is 1. The molecule has 1 aliphatic heterocycles. The number of likely N-dealkylation sites (N-methyl/N-ethyl adjacent to an activating group) is 1. The van der Waals surface area contributed by atoms with Crippen molar-refractivity contribution in [2.45, 2.75) is 13.5 Å². The van der Waals surface area contributed by atoms with Crippen molar-refractivity contribution in [3.63, 3.8) is 0 Å². The van der Waals surface area contributed by atoms with Gasteiger partial charge in [-0.25, -0.2) is 14.2 Å². The third-order valence-corrected chi connectivity index (χ3v) is 6.63. The van der Waals surface area contributed by atoms with Gasteiger partial charge in [0.2, 0.25) is 0 Å². The number of methoxy groups -OCH3 is 1. The minimum absolute atomic E-state index is 0.0942. The van der Waals surface area contributed by atoms with Gasteiger partial charge in [-0.1, -0.05) is 29.8 Å². The van der Waals surface area contributed by atoms with E-state index in [0.29, 0.717) is 44.9 Å². The Labute approximate surface area is 222 Å². The lowest BCUT2D eigenvalue weighted by molar-refractivity contribution is -0.122. The summed E-state index contributed by atoms with van der Waals surface area (Å²) < 4.78 is 24.7. The van der Waals surface area contributed by atoms with Crippen molar-refractivity contribution in [1.29, 1.82) is 0 Å². The fourth-order valence-corrected chi connectivity index (χ4v) is 4.92. The molecule has 4 rings (SSSR count). The monoisotopic (exact) mass is 540 g/mol. The van der Waals surface area contributed by atoms with Crippen LogP contribution in [0.5, 0.6) is 11.5 Å². The van der Waals surface area contributed by atoms with Crippen LogP contribution >= 0.6 is 23.4 Å². The number of aliphatic imine (C=N–C) groups is 1. The Kier molecular flexibility index (Phi) is 8.15. The first kappa shape index (κ1) is 26.2. The SMILES string of the molecule is CCN1C(=O)C(=Cc2cc(Cl)c(OCc3cccc(F)c3)c(OC)c2)SC1=Nc1cccc(C(=O)O)c1. The third-order valence-electron chi connectivity index (χ3n) is 5.34. The summed E-state index contributed by atoms with van der Waals surface area (Å²) in [6.45, 7) is 2.31. The summed E-state index contributed by atoms with van der Waals surface area (Å²) in [5, 5.41) is 9.94. The van der Waals surface area contributed by atoms with Crippen LogP contribution in [0.2, 0.25) is 5.02 Å². The number of hydrogen-bond donors (Lipinski definition) is 1. The van der Waals surface area contributed by atoms with Gasteiger partial charge in [0.1, 0.15) is 12.4 Å². The zero-order chi connectivity index (χ0) is 26.5. The summed E-state index contributed by atoms with van der Waals surface area (Å²) in [6, 6.07) is 15.6. The zero-order valence-electron chi connectivity index (χ0n) is 19.9. The van der Waals surface area contributed by atoms with Crippen LogP contribution < -0.4 is 9.47 Å². The van der Waals surface area contributed by atoms with Gasteiger partial charge < -0.3 is 14.6 Å². The van der Waals surface area contributed by atoms with Crippen LogP contribution in [0.3, 0.4) is 0 Å². The Bertz CT molecular complexity index is 1430. The fourth-order valence-electron chi connectivity index (χ4n) is 3.59. The number of benzene rings is 3. The first-order chi connectivity index (χ1) is 17.8. The summed E-state index contributed by atoms with van der Waals surface area (Å²) in [4.78, 5) is 30.8. The zero-order valence-corrected chi connectivity index (χ0v) is 21.5. The van der Waals surface area contributed by atoms with E-state index in [9.17, 15) is 19.1 Å². The van der Waals surface area contributed by atoms with E-state index in [0.717, 1.165) is 0 Å². The Morgan fingerprint density at radius 2 is 1.97 bits per heavy atom. The molecule has 0 aromatic heterocycles. The van der Waals surface area contributed by atoms with Crippen molar-refractivity contribution in [2.24, 2.45) is 4.99 Å². The van der Waals surface area contributed by atoms with E-state index in [1.807, 2.05) is 6.92 Å². The number of nitrogens with zero attached hydrogens (tertiary/aromatic N) is 2. The lowest BCUT2D eigenvalue weighted by Crippen LogP contribution is -2.28. The molecule has 3 aromatic carbocycles. The van der Waals surface area contributed by atoms with Crippen molar-refractivity contribution in [1.82, 2.24) is 4.90 Å². The van der Waals surface area contributed by atoms with Gasteiger partial charge in [0, 0.05) is 6.54 Å². The maximum Gasteiger partial charge on any atom is 0.335 e. The summed E-state index contributed by atoms with van der Waals surface area (Å²) in [7, 11) is 1.47. The Balaban J connectivity index is 1.60. The second kappa shape index (κ2) is 11.5. The molecular formula is C27H22ClFN2O5S. The number of carbonyl (C=O) groups excluding carboxylic acids is 1. The van der Waals surface area contributed by atoms with Gasteiger partial charge in [-0.15, -0.1) is 0 Å². The molecule has 0 saturated carbocycles. The molecule has 0 atom stereocenters. The van der Waals surface area contributed by atoms with E-state index < -0.39 is 5.97 Å². The number of amidine groups is 1. The summed E-state index contributed by atoms with van der Waals surface area (Å²) >= 11 is 7.66. The second-order valence-corrected chi connectivity index (χ2v) is 9.28. The number of halogens is 2. The van der Waals surface area contributed by atoms with Crippen LogP contribution in [0.4, 0.5) is 10.1 Å². The lowest BCUT2D eigenvalue weighted by atomic mass is 10.1. The standard InChI is InChI=1S/C27H22ClFN2O5S/c1-3-31-25(32)23(37-27(31)30-20-9-5-7-18(14-20)26(33)34)13-17-11-21(28)24(22(12-17)35-2)36-15-16-6-4-8-19(29)10-16/h4-14H,3,15H2,1-2H3,(H,33,34). The maximum absolute atomic E-state index is 13.5. The Morgan fingerprint density at radius 1 is 1.19 bits per heavy atom. The molecule has 3 aromatic rings. The van der Waals surface area contributed by atoms with Gasteiger partial charge in [0.25, 0.3) is 5.91 Å². The number of thioether (sulfide) groups is 1. The highest BCUT2D eigenvalue weighted by atomic mass is 35.5. The third kappa shape index (κ3) is 6.12. The molecule has 0 aliphatic carbocycles. The number of carboxylic acid groups (broad SMARTS) is 1. The molecule has 1 N–H and O–H groups in total. The number of carboxylic acids is 1. The number of amides is 1. The van der Waals surface area contributed by atoms with E-state index in [4.69, 9.17) is 21.1 Å². The average molecular weight is 541 g/mol. The van der Waals surface area contributed by atoms with Crippen LogP contribution in [0.25, 0.3) is 6.08 Å². The predicted octanol–water partition coefficient (Wildman–Crippen LogP) is 6.39. The predicted molar refractivity (Wildman–Crippen MR) is 142 cm³/mol. The molecule has 190 valence electrons. The second-order valence-electron chi connectivity index (χ2n) is 7.86. The maximum atomic E-state index is 13.5. The minimum atomic E-state index is -1.06. The Morgan fingerprint density at radius 3 is 2.68 bits per heavy atom. The molecule has 1 fully saturated rings. The van der Waals surface area contributed by atoms with Gasteiger partial charge in [0.05, 0.1) is 28.3 Å². The summed E-state index contributed by atoms with van der Waals surface area (Å²) in [6.07, 6.45) is 1.68. The van der Waals surface area contributed by atoms with Crippen LogP contribution in [0, 0.1) is 5.82 Å². The van der Waals surface area contributed by atoms with Gasteiger partial charge in [-0.2, -0.15) is 0 Å². The molecule has 1 amide bonds. The summed E-state index contributed by atoms with van der Waals surface area (Å²) in [5.74, 6) is -0.991. The van der Waals surface area contributed by atoms with E-state index in [2.05, 4.69) is 4.99 Å². The topological polar surface area (TPSA) is 88.4 Å². The van der Waals surface area contributed by atoms with Gasteiger partial charge in [-0.3, -0.25) is 9.69 Å². The van der Waals surface area contributed by atoms with Crippen LogP contribution in [-0.4, -0.2) is 40.7 Å². The average Bonchev–Trinajstić information content (AvgIpc) is 3.16. The van der Waals surface area contributed by atoms with Crippen LogP contribution in [0.15, 0.2) is 70.6 Å². The Hall–Kier alpha value is -3.82. The molecule has 1 heterocycles. The largest absolute Gasteiger partial charge is 0.493 e. The molecule has 0 radical (unpaired) electrons.